The molecule has 1 saturated heterocycles. The van der Waals surface area contributed by atoms with Crippen molar-refractivity contribution in [2.75, 3.05) is 23.3 Å². The van der Waals surface area contributed by atoms with Crippen LogP contribution >= 0.6 is 11.3 Å². The third-order valence-corrected chi connectivity index (χ3v) is 5.02. The Bertz CT molecular complexity index is 1010. The SMILES string of the molecule is Cc1cn2c(=O)c(C(=O)Nc3cncnc3N3CCCC3)cnc2s1. The van der Waals surface area contributed by atoms with Crippen molar-refractivity contribution in [3.63, 3.8) is 0 Å². The molecule has 0 unspecified atom stereocenters. The molecule has 1 amide bonds. The maximum absolute atomic E-state index is 12.6. The van der Waals surface area contributed by atoms with E-state index in [1.165, 1.54) is 28.3 Å². The number of amides is 1. The van der Waals surface area contributed by atoms with Crippen molar-refractivity contribution < 1.29 is 4.79 Å². The summed E-state index contributed by atoms with van der Waals surface area (Å²) in [4.78, 5) is 41.3. The predicted octanol–water partition coefficient (Wildman–Crippen LogP) is 1.71. The Morgan fingerprint density at radius 1 is 1.24 bits per heavy atom. The van der Waals surface area contributed by atoms with Crippen LogP contribution in [0.5, 0.6) is 0 Å². The molecule has 0 atom stereocenters. The number of carbonyl (C=O) groups excluding carboxylic acids is 1. The van der Waals surface area contributed by atoms with Crippen molar-refractivity contribution in [1.29, 1.82) is 0 Å². The smallest absolute Gasteiger partial charge is 0.271 e. The number of nitrogens with one attached hydrogen (secondary N) is 1. The van der Waals surface area contributed by atoms with Crippen molar-refractivity contribution in [1.82, 2.24) is 19.4 Å². The average molecular weight is 356 g/mol. The molecule has 128 valence electrons. The van der Waals surface area contributed by atoms with Crippen LogP contribution in [0.4, 0.5) is 11.5 Å². The lowest BCUT2D eigenvalue weighted by atomic mass is 10.3. The molecule has 25 heavy (non-hydrogen) atoms. The van der Waals surface area contributed by atoms with Gasteiger partial charge in [-0.1, -0.05) is 0 Å². The van der Waals surface area contributed by atoms with Crippen molar-refractivity contribution in [3.05, 3.63) is 45.7 Å². The number of aromatic nitrogens is 4. The molecule has 0 radical (unpaired) electrons. The van der Waals surface area contributed by atoms with Crippen molar-refractivity contribution in [2.24, 2.45) is 0 Å². The molecule has 0 bridgehead atoms. The van der Waals surface area contributed by atoms with E-state index in [0.717, 1.165) is 30.8 Å². The van der Waals surface area contributed by atoms with E-state index in [0.29, 0.717) is 16.5 Å². The van der Waals surface area contributed by atoms with E-state index in [9.17, 15) is 9.59 Å². The van der Waals surface area contributed by atoms with E-state index >= 15 is 0 Å². The zero-order chi connectivity index (χ0) is 17.4. The molecule has 0 spiro atoms. The molecule has 1 N–H and O–H groups in total. The molecular weight excluding hydrogens is 340 g/mol. The quantitative estimate of drug-likeness (QED) is 0.768. The minimum Gasteiger partial charge on any atom is -0.355 e. The van der Waals surface area contributed by atoms with Crippen LogP contribution < -0.4 is 15.8 Å². The van der Waals surface area contributed by atoms with E-state index in [1.54, 1.807) is 12.4 Å². The Kier molecular flexibility index (Phi) is 3.92. The van der Waals surface area contributed by atoms with Crippen LogP contribution in [0.2, 0.25) is 0 Å². The number of carbonyl (C=O) groups is 1. The first-order valence-electron chi connectivity index (χ1n) is 7.97. The molecule has 0 aromatic carbocycles. The maximum Gasteiger partial charge on any atom is 0.271 e. The summed E-state index contributed by atoms with van der Waals surface area (Å²) in [6.07, 6.45) is 8.21. The molecule has 4 heterocycles. The summed E-state index contributed by atoms with van der Waals surface area (Å²) in [7, 11) is 0. The van der Waals surface area contributed by atoms with Gasteiger partial charge in [-0.2, -0.15) is 0 Å². The summed E-state index contributed by atoms with van der Waals surface area (Å²) in [5.74, 6) is 0.173. The van der Waals surface area contributed by atoms with E-state index in [4.69, 9.17) is 0 Å². The van der Waals surface area contributed by atoms with Gasteiger partial charge in [-0.3, -0.25) is 14.0 Å². The molecule has 4 rings (SSSR count). The summed E-state index contributed by atoms with van der Waals surface area (Å²) >= 11 is 1.40. The second kappa shape index (κ2) is 6.25. The third kappa shape index (κ3) is 2.86. The van der Waals surface area contributed by atoms with Crippen molar-refractivity contribution in [3.8, 4) is 0 Å². The number of fused-ring (bicyclic) bond motifs is 1. The number of hydrogen-bond acceptors (Lipinski definition) is 7. The molecule has 1 aliphatic rings. The minimum absolute atomic E-state index is 0.00785. The van der Waals surface area contributed by atoms with Crippen LogP contribution in [-0.4, -0.2) is 38.3 Å². The number of hydrogen-bond donors (Lipinski definition) is 1. The zero-order valence-electron chi connectivity index (χ0n) is 13.6. The minimum atomic E-state index is -0.508. The van der Waals surface area contributed by atoms with Gasteiger partial charge in [0.15, 0.2) is 10.8 Å². The van der Waals surface area contributed by atoms with Gasteiger partial charge in [0.25, 0.3) is 11.5 Å². The van der Waals surface area contributed by atoms with E-state index < -0.39 is 5.91 Å². The number of nitrogens with zero attached hydrogens (tertiary/aromatic N) is 5. The van der Waals surface area contributed by atoms with Crippen LogP contribution in [0.1, 0.15) is 28.1 Å². The van der Waals surface area contributed by atoms with Crippen LogP contribution in [0.3, 0.4) is 0 Å². The normalized spacial score (nSPS) is 14.2. The standard InChI is InChI=1S/C16H16N6O2S/c1-10-8-22-15(24)11(6-18-16(22)25-10)14(23)20-12-7-17-9-19-13(12)21-4-2-3-5-21/h6-9H,2-5H2,1H3,(H,20,23). The molecule has 1 fully saturated rings. The Balaban J connectivity index is 1.67. The number of anilines is 2. The fourth-order valence-electron chi connectivity index (χ4n) is 2.93. The predicted molar refractivity (Wildman–Crippen MR) is 95.5 cm³/mol. The van der Waals surface area contributed by atoms with Gasteiger partial charge in [0.2, 0.25) is 0 Å². The number of aryl methyl sites for hydroxylation is 1. The van der Waals surface area contributed by atoms with Gasteiger partial charge < -0.3 is 10.2 Å². The topological polar surface area (TPSA) is 92.5 Å². The van der Waals surface area contributed by atoms with Gasteiger partial charge in [0, 0.05) is 30.4 Å². The monoisotopic (exact) mass is 356 g/mol. The summed E-state index contributed by atoms with van der Waals surface area (Å²) in [6, 6.07) is 0. The summed E-state index contributed by atoms with van der Waals surface area (Å²) in [5, 5.41) is 2.76. The van der Waals surface area contributed by atoms with Crippen LogP contribution in [0.15, 0.2) is 29.7 Å². The Morgan fingerprint density at radius 3 is 2.84 bits per heavy atom. The van der Waals surface area contributed by atoms with Gasteiger partial charge in [0.05, 0.1) is 6.20 Å². The van der Waals surface area contributed by atoms with Crippen LogP contribution in [-0.2, 0) is 0 Å². The maximum atomic E-state index is 12.6. The fourth-order valence-corrected chi connectivity index (χ4v) is 3.72. The highest BCUT2D eigenvalue weighted by atomic mass is 32.1. The van der Waals surface area contributed by atoms with E-state index in [-0.39, 0.29) is 11.1 Å². The molecule has 0 aliphatic carbocycles. The molecular formula is C16H16N6O2S. The van der Waals surface area contributed by atoms with Gasteiger partial charge >= 0.3 is 0 Å². The first-order valence-corrected chi connectivity index (χ1v) is 8.79. The van der Waals surface area contributed by atoms with E-state index in [2.05, 4.69) is 25.2 Å². The summed E-state index contributed by atoms with van der Waals surface area (Å²) in [6.45, 7) is 3.68. The summed E-state index contributed by atoms with van der Waals surface area (Å²) in [5.41, 5.74) is 0.110. The molecule has 9 heteroatoms. The molecule has 8 nitrogen and oxygen atoms in total. The van der Waals surface area contributed by atoms with Gasteiger partial charge in [-0.15, -0.1) is 11.3 Å². The van der Waals surface area contributed by atoms with Gasteiger partial charge in [-0.25, -0.2) is 15.0 Å². The van der Waals surface area contributed by atoms with Crippen LogP contribution in [0, 0.1) is 6.92 Å². The lowest BCUT2D eigenvalue weighted by Gasteiger charge is -2.19. The lowest BCUT2D eigenvalue weighted by molar-refractivity contribution is 0.102. The fraction of sp³-hybridized carbons (Fsp3) is 0.312. The highest BCUT2D eigenvalue weighted by Gasteiger charge is 2.20. The van der Waals surface area contributed by atoms with Gasteiger partial charge in [0.1, 0.15) is 17.6 Å². The first-order chi connectivity index (χ1) is 12.1. The second-order valence-electron chi connectivity index (χ2n) is 5.88. The Hall–Kier alpha value is -2.81. The highest BCUT2D eigenvalue weighted by molar-refractivity contribution is 7.16. The van der Waals surface area contributed by atoms with E-state index in [1.807, 2.05) is 6.92 Å². The largest absolute Gasteiger partial charge is 0.355 e. The highest BCUT2D eigenvalue weighted by Crippen LogP contribution is 2.25. The second-order valence-corrected chi connectivity index (χ2v) is 7.09. The Labute approximate surface area is 147 Å². The molecule has 3 aromatic heterocycles. The van der Waals surface area contributed by atoms with Crippen LogP contribution in [0.25, 0.3) is 4.96 Å². The first kappa shape index (κ1) is 15.7. The lowest BCUT2D eigenvalue weighted by Crippen LogP contribution is -2.27. The van der Waals surface area contributed by atoms with Gasteiger partial charge in [-0.05, 0) is 19.8 Å². The van der Waals surface area contributed by atoms with Crippen molar-refractivity contribution >= 4 is 33.7 Å². The summed E-state index contributed by atoms with van der Waals surface area (Å²) < 4.78 is 1.40. The molecule has 0 saturated carbocycles. The number of thiazole rings is 1. The Morgan fingerprint density at radius 2 is 2.04 bits per heavy atom. The van der Waals surface area contributed by atoms with Crippen molar-refractivity contribution in [2.45, 2.75) is 19.8 Å². The zero-order valence-corrected chi connectivity index (χ0v) is 14.4. The average Bonchev–Trinajstić information content (AvgIpc) is 3.25. The number of rotatable bonds is 3. The molecule has 3 aromatic rings. The molecule has 1 aliphatic heterocycles. The third-order valence-electron chi connectivity index (χ3n) is 4.11.